The zero-order valence-electron chi connectivity index (χ0n) is 11.3. The van der Waals surface area contributed by atoms with Gasteiger partial charge in [-0.1, -0.05) is 45.7 Å². The number of hydrogen-bond donors (Lipinski definition) is 0. The summed E-state index contributed by atoms with van der Waals surface area (Å²) >= 11 is 9.46. The summed E-state index contributed by atoms with van der Waals surface area (Å²) in [7, 11) is 0. The van der Waals surface area contributed by atoms with Crippen LogP contribution in [0, 0.1) is 17.0 Å². The molecule has 21 heavy (non-hydrogen) atoms. The number of hydrogen-bond acceptors (Lipinski definition) is 3. The molecule has 6 heteroatoms. The molecular weight excluding hydrogens is 358 g/mol. The molecule has 0 unspecified atom stereocenters. The summed E-state index contributed by atoms with van der Waals surface area (Å²) in [4.78, 5) is 10.6. The van der Waals surface area contributed by atoms with Crippen LogP contribution >= 0.6 is 27.5 Å². The molecule has 0 saturated carbocycles. The molecule has 0 aliphatic heterocycles. The molecular formula is C15H13BrClNO3. The molecule has 0 atom stereocenters. The van der Waals surface area contributed by atoms with Crippen molar-refractivity contribution in [1.82, 2.24) is 0 Å². The number of nitrogens with zero attached hydrogens (tertiary/aromatic N) is 1. The van der Waals surface area contributed by atoms with Crippen LogP contribution in [0.25, 0.3) is 0 Å². The first-order chi connectivity index (χ1) is 10.0. The van der Waals surface area contributed by atoms with Gasteiger partial charge in [-0.3, -0.25) is 10.1 Å². The van der Waals surface area contributed by atoms with Crippen LogP contribution in [-0.4, -0.2) is 4.92 Å². The topological polar surface area (TPSA) is 52.4 Å². The highest BCUT2D eigenvalue weighted by Crippen LogP contribution is 2.30. The molecule has 110 valence electrons. The van der Waals surface area contributed by atoms with Crippen molar-refractivity contribution in [2.24, 2.45) is 0 Å². The zero-order chi connectivity index (χ0) is 15.4. The Morgan fingerprint density at radius 3 is 2.67 bits per heavy atom. The minimum Gasteiger partial charge on any atom is -0.482 e. The van der Waals surface area contributed by atoms with Crippen molar-refractivity contribution in [3.8, 4) is 5.75 Å². The number of ether oxygens (including phenoxy) is 1. The fourth-order valence-corrected chi connectivity index (χ4v) is 2.47. The van der Waals surface area contributed by atoms with Crippen LogP contribution < -0.4 is 4.74 Å². The molecule has 0 radical (unpaired) electrons. The Morgan fingerprint density at radius 1 is 1.29 bits per heavy atom. The van der Waals surface area contributed by atoms with E-state index < -0.39 is 4.92 Å². The minimum absolute atomic E-state index is 0.0528. The van der Waals surface area contributed by atoms with Gasteiger partial charge in [0.2, 0.25) is 0 Å². The van der Waals surface area contributed by atoms with Gasteiger partial charge in [-0.05, 0) is 30.2 Å². The van der Waals surface area contributed by atoms with Crippen molar-refractivity contribution >= 4 is 33.2 Å². The molecule has 2 aromatic rings. The summed E-state index contributed by atoms with van der Waals surface area (Å²) in [5, 5.41) is 12.2. The van der Waals surface area contributed by atoms with Crippen LogP contribution in [0.1, 0.15) is 16.7 Å². The normalized spacial score (nSPS) is 10.4. The molecule has 0 heterocycles. The van der Waals surface area contributed by atoms with E-state index >= 15 is 0 Å². The number of rotatable bonds is 5. The third kappa shape index (κ3) is 3.95. The second kappa shape index (κ2) is 6.91. The van der Waals surface area contributed by atoms with Gasteiger partial charge in [-0.2, -0.15) is 0 Å². The number of benzene rings is 2. The van der Waals surface area contributed by atoms with Crippen molar-refractivity contribution in [3.63, 3.8) is 0 Å². The van der Waals surface area contributed by atoms with Gasteiger partial charge in [0.1, 0.15) is 6.61 Å². The first-order valence-corrected chi connectivity index (χ1v) is 7.72. The number of nitro groups is 1. The molecule has 0 amide bonds. The van der Waals surface area contributed by atoms with E-state index in [1.807, 2.05) is 25.1 Å². The van der Waals surface area contributed by atoms with Crippen LogP contribution in [0.5, 0.6) is 5.75 Å². The predicted molar refractivity (Wildman–Crippen MR) is 86.2 cm³/mol. The van der Waals surface area contributed by atoms with Crippen LogP contribution in [0.2, 0.25) is 5.02 Å². The molecule has 0 fully saturated rings. The van der Waals surface area contributed by atoms with Gasteiger partial charge >= 0.3 is 5.69 Å². The summed E-state index contributed by atoms with van der Waals surface area (Å²) in [6.45, 7) is 2.13. The molecule has 0 aliphatic rings. The van der Waals surface area contributed by atoms with E-state index in [4.69, 9.17) is 16.3 Å². The number of alkyl halides is 1. The number of aryl methyl sites for hydroxylation is 1. The summed E-state index contributed by atoms with van der Waals surface area (Å²) in [6, 6.07) is 10.4. The maximum atomic E-state index is 11.0. The molecule has 0 saturated heterocycles. The lowest BCUT2D eigenvalue weighted by Crippen LogP contribution is -2.00. The maximum absolute atomic E-state index is 11.0. The fourth-order valence-electron chi connectivity index (χ4n) is 1.83. The highest BCUT2D eigenvalue weighted by molar-refractivity contribution is 9.08. The second-order valence-electron chi connectivity index (χ2n) is 4.58. The van der Waals surface area contributed by atoms with Gasteiger partial charge in [-0.15, -0.1) is 0 Å². The van der Waals surface area contributed by atoms with Gasteiger partial charge in [0.05, 0.1) is 4.92 Å². The molecule has 0 aromatic heterocycles. The van der Waals surface area contributed by atoms with E-state index in [1.165, 1.54) is 6.07 Å². The third-order valence-electron chi connectivity index (χ3n) is 2.97. The predicted octanol–water partition coefficient (Wildman–Crippen LogP) is 5.03. The van der Waals surface area contributed by atoms with E-state index in [0.29, 0.717) is 10.4 Å². The molecule has 2 rings (SSSR count). The lowest BCUT2D eigenvalue weighted by molar-refractivity contribution is -0.386. The fraction of sp³-hybridized carbons (Fsp3) is 0.200. The Bertz CT molecular complexity index is 676. The minimum atomic E-state index is -0.454. The van der Waals surface area contributed by atoms with Crippen LogP contribution in [-0.2, 0) is 11.9 Å². The van der Waals surface area contributed by atoms with Crippen molar-refractivity contribution in [2.75, 3.05) is 0 Å². The first kappa shape index (κ1) is 15.8. The zero-order valence-corrected chi connectivity index (χ0v) is 13.6. The third-order valence-corrected chi connectivity index (χ3v) is 3.97. The quantitative estimate of drug-likeness (QED) is 0.421. The largest absolute Gasteiger partial charge is 0.482 e. The van der Waals surface area contributed by atoms with Crippen molar-refractivity contribution < 1.29 is 9.66 Å². The van der Waals surface area contributed by atoms with E-state index in [9.17, 15) is 10.1 Å². The monoisotopic (exact) mass is 369 g/mol. The molecule has 0 N–H and O–H groups in total. The Kier molecular flexibility index (Phi) is 5.20. The number of halogens is 2. The smallest absolute Gasteiger partial charge is 0.310 e. The van der Waals surface area contributed by atoms with Crippen LogP contribution in [0.3, 0.4) is 0 Å². The van der Waals surface area contributed by atoms with Crippen molar-refractivity contribution in [3.05, 3.63) is 68.2 Å². The van der Waals surface area contributed by atoms with Gasteiger partial charge < -0.3 is 4.74 Å². The van der Waals surface area contributed by atoms with E-state index in [-0.39, 0.29) is 18.0 Å². The van der Waals surface area contributed by atoms with Crippen molar-refractivity contribution in [2.45, 2.75) is 18.9 Å². The number of nitro benzene ring substituents is 1. The summed E-state index contributed by atoms with van der Waals surface area (Å²) in [5.74, 6) is 0.244. The Labute approximate surface area is 136 Å². The molecule has 4 nitrogen and oxygen atoms in total. The first-order valence-electron chi connectivity index (χ1n) is 6.22. The van der Waals surface area contributed by atoms with Crippen LogP contribution in [0.15, 0.2) is 36.4 Å². The van der Waals surface area contributed by atoms with Gasteiger partial charge in [0.25, 0.3) is 0 Å². The maximum Gasteiger partial charge on any atom is 0.310 e. The highest BCUT2D eigenvalue weighted by atomic mass is 79.9. The summed E-state index contributed by atoms with van der Waals surface area (Å²) < 4.78 is 5.60. The SMILES string of the molecule is Cc1ccc(COc2cc(CBr)ccc2[N+](=O)[O-])c(Cl)c1. The van der Waals surface area contributed by atoms with Crippen LogP contribution in [0.4, 0.5) is 5.69 Å². The Balaban J connectivity index is 2.24. The Hall–Kier alpha value is -1.59. The average molecular weight is 371 g/mol. The second-order valence-corrected chi connectivity index (χ2v) is 5.54. The van der Waals surface area contributed by atoms with Crippen molar-refractivity contribution in [1.29, 1.82) is 0 Å². The van der Waals surface area contributed by atoms with E-state index in [0.717, 1.165) is 16.7 Å². The molecule has 2 aromatic carbocycles. The molecule has 0 spiro atoms. The lowest BCUT2D eigenvalue weighted by atomic mass is 10.1. The van der Waals surface area contributed by atoms with Gasteiger partial charge in [0.15, 0.2) is 5.75 Å². The summed E-state index contributed by atoms with van der Waals surface area (Å²) in [6.07, 6.45) is 0. The average Bonchev–Trinajstić information content (AvgIpc) is 2.45. The Morgan fingerprint density at radius 2 is 2.05 bits per heavy atom. The van der Waals surface area contributed by atoms with E-state index in [2.05, 4.69) is 15.9 Å². The van der Waals surface area contributed by atoms with Gasteiger partial charge in [-0.25, -0.2) is 0 Å². The van der Waals surface area contributed by atoms with E-state index in [1.54, 1.807) is 12.1 Å². The summed E-state index contributed by atoms with van der Waals surface area (Å²) in [5.41, 5.74) is 2.70. The standard InChI is InChI=1S/C15H13BrClNO3/c1-10-2-4-12(13(17)6-10)9-21-15-7-11(8-16)3-5-14(15)18(19)20/h2-7H,8-9H2,1H3. The highest BCUT2D eigenvalue weighted by Gasteiger charge is 2.16. The lowest BCUT2D eigenvalue weighted by Gasteiger charge is -2.09. The molecule has 0 aliphatic carbocycles. The van der Waals surface area contributed by atoms with Gasteiger partial charge in [0, 0.05) is 22.0 Å². The molecule has 0 bridgehead atoms.